The minimum Gasteiger partial charge on any atom is -0.378 e. The number of para-hydroxylation sites is 1. The molecule has 0 radical (unpaired) electrons. The number of aryl methyl sites for hydroxylation is 3. The van der Waals surface area contributed by atoms with E-state index in [0.717, 1.165) is 0 Å². The molecule has 0 aliphatic carbocycles. The van der Waals surface area contributed by atoms with E-state index in [9.17, 15) is 0 Å². The second-order valence-electron chi connectivity index (χ2n) is 5.31. The van der Waals surface area contributed by atoms with Crippen LogP contribution in [0, 0.1) is 13.8 Å². The number of hydrogen-bond donors (Lipinski definition) is 1. The predicted molar refractivity (Wildman–Crippen MR) is 77.0 cm³/mol. The zero-order valence-corrected chi connectivity index (χ0v) is 11.0. The van der Waals surface area contributed by atoms with Crippen molar-refractivity contribution in [1.29, 1.82) is 0 Å². The second kappa shape index (κ2) is 4.49. The summed E-state index contributed by atoms with van der Waals surface area (Å²) in [5.41, 5.74) is 6.87. The average Bonchev–Trinajstić information content (AvgIpc) is 2.37. The fourth-order valence-electron chi connectivity index (χ4n) is 2.90. The van der Waals surface area contributed by atoms with Crippen LogP contribution < -0.4 is 5.32 Å². The number of benzene rings is 2. The maximum absolute atomic E-state index is 3.67. The lowest BCUT2D eigenvalue weighted by Gasteiger charge is -2.28. The number of rotatable bonds is 1. The Morgan fingerprint density at radius 3 is 2.50 bits per heavy atom. The first-order valence-electron chi connectivity index (χ1n) is 6.65. The summed E-state index contributed by atoms with van der Waals surface area (Å²) in [6.45, 7) is 4.35. The van der Waals surface area contributed by atoms with Gasteiger partial charge in [0.15, 0.2) is 0 Å². The van der Waals surface area contributed by atoms with Crippen LogP contribution in [0.2, 0.25) is 0 Å². The van der Waals surface area contributed by atoms with Gasteiger partial charge in [-0.25, -0.2) is 0 Å². The van der Waals surface area contributed by atoms with E-state index in [2.05, 4.69) is 61.6 Å². The van der Waals surface area contributed by atoms with Gasteiger partial charge in [0.25, 0.3) is 0 Å². The molecule has 0 fully saturated rings. The number of fused-ring (bicyclic) bond motifs is 1. The molecular formula is C17H19N. The molecule has 1 nitrogen and oxygen atoms in total. The van der Waals surface area contributed by atoms with E-state index in [1.165, 1.54) is 40.8 Å². The monoisotopic (exact) mass is 237 g/mol. The minimum absolute atomic E-state index is 0.457. The Morgan fingerprint density at radius 2 is 1.72 bits per heavy atom. The SMILES string of the molecule is Cc1cc(C)cc([C@H]2CCc3ccccc3N2)c1. The highest BCUT2D eigenvalue weighted by Gasteiger charge is 2.18. The van der Waals surface area contributed by atoms with Crippen molar-refractivity contribution < 1.29 is 0 Å². The lowest BCUT2D eigenvalue weighted by molar-refractivity contribution is 0.667. The molecule has 1 heterocycles. The summed E-state index contributed by atoms with van der Waals surface area (Å²) < 4.78 is 0. The van der Waals surface area contributed by atoms with Gasteiger partial charge in [-0.2, -0.15) is 0 Å². The van der Waals surface area contributed by atoms with Crippen molar-refractivity contribution in [3.8, 4) is 0 Å². The van der Waals surface area contributed by atoms with Gasteiger partial charge in [0.05, 0.1) is 6.04 Å². The zero-order valence-electron chi connectivity index (χ0n) is 11.0. The largest absolute Gasteiger partial charge is 0.378 e. The Balaban J connectivity index is 1.91. The third-order valence-corrected chi connectivity index (χ3v) is 3.70. The molecule has 18 heavy (non-hydrogen) atoms. The Hall–Kier alpha value is -1.76. The molecule has 1 atom stereocenters. The molecular weight excluding hydrogens is 218 g/mol. The Bertz CT molecular complexity index is 551. The van der Waals surface area contributed by atoms with Gasteiger partial charge in [0.2, 0.25) is 0 Å². The Labute approximate surface area is 109 Å². The van der Waals surface area contributed by atoms with E-state index in [4.69, 9.17) is 0 Å². The zero-order chi connectivity index (χ0) is 12.5. The molecule has 1 heteroatoms. The van der Waals surface area contributed by atoms with Gasteiger partial charge < -0.3 is 5.32 Å². The summed E-state index contributed by atoms with van der Waals surface area (Å²) >= 11 is 0. The van der Waals surface area contributed by atoms with Crippen LogP contribution in [0.5, 0.6) is 0 Å². The normalized spacial score (nSPS) is 18.0. The van der Waals surface area contributed by atoms with Gasteiger partial charge in [0, 0.05) is 5.69 Å². The Kier molecular flexibility index (Phi) is 2.83. The number of nitrogens with one attached hydrogen (secondary N) is 1. The fourth-order valence-corrected chi connectivity index (χ4v) is 2.90. The molecule has 92 valence electrons. The van der Waals surface area contributed by atoms with Crippen LogP contribution in [0.15, 0.2) is 42.5 Å². The summed E-state index contributed by atoms with van der Waals surface area (Å²) in [6, 6.07) is 15.9. The summed E-state index contributed by atoms with van der Waals surface area (Å²) in [4.78, 5) is 0. The molecule has 0 aromatic heterocycles. The third kappa shape index (κ3) is 2.13. The summed E-state index contributed by atoms with van der Waals surface area (Å²) in [6.07, 6.45) is 2.35. The lowest BCUT2D eigenvalue weighted by atomic mass is 9.92. The topological polar surface area (TPSA) is 12.0 Å². The molecule has 1 N–H and O–H groups in total. The van der Waals surface area contributed by atoms with Gasteiger partial charge in [0.1, 0.15) is 0 Å². The Morgan fingerprint density at radius 1 is 1.00 bits per heavy atom. The van der Waals surface area contributed by atoms with Crippen LogP contribution in [0.3, 0.4) is 0 Å². The van der Waals surface area contributed by atoms with Crippen molar-refractivity contribution in [1.82, 2.24) is 0 Å². The van der Waals surface area contributed by atoms with Gasteiger partial charge in [-0.3, -0.25) is 0 Å². The minimum atomic E-state index is 0.457. The van der Waals surface area contributed by atoms with Crippen molar-refractivity contribution in [3.05, 3.63) is 64.7 Å². The van der Waals surface area contributed by atoms with Gasteiger partial charge in [-0.15, -0.1) is 0 Å². The highest BCUT2D eigenvalue weighted by Crippen LogP contribution is 2.32. The van der Waals surface area contributed by atoms with E-state index in [1.54, 1.807) is 0 Å². The maximum Gasteiger partial charge on any atom is 0.0517 e. The van der Waals surface area contributed by atoms with Crippen molar-refractivity contribution in [2.24, 2.45) is 0 Å². The highest BCUT2D eigenvalue weighted by atomic mass is 14.9. The summed E-state index contributed by atoms with van der Waals surface area (Å²) in [7, 11) is 0. The fraction of sp³-hybridized carbons (Fsp3) is 0.294. The van der Waals surface area contributed by atoms with Crippen LogP contribution in [0.25, 0.3) is 0 Å². The van der Waals surface area contributed by atoms with E-state index in [0.29, 0.717) is 6.04 Å². The average molecular weight is 237 g/mol. The number of anilines is 1. The second-order valence-corrected chi connectivity index (χ2v) is 5.31. The van der Waals surface area contributed by atoms with E-state index in [1.807, 2.05) is 0 Å². The van der Waals surface area contributed by atoms with Crippen LogP contribution in [0.1, 0.15) is 34.7 Å². The van der Waals surface area contributed by atoms with Gasteiger partial charge in [-0.1, -0.05) is 47.5 Å². The first-order chi connectivity index (χ1) is 8.72. The molecule has 1 aliphatic rings. The van der Waals surface area contributed by atoms with Crippen molar-refractivity contribution >= 4 is 5.69 Å². The maximum atomic E-state index is 3.67. The summed E-state index contributed by atoms with van der Waals surface area (Å²) in [5, 5.41) is 3.67. The number of hydrogen-bond acceptors (Lipinski definition) is 1. The molecule has 0 saturated heterocycles. The van der Waals surface area contributed by atoms with Crippen LogP contribution in [-0.4, -0.2) is 0 Å². The van der Waals surface area contributed by atoms with E-state index < -0.39 is 0 Å². The smallest absolute Gasteiger partial charge is 0.0517 e. The van der Waals surface area contributed by atoms with Crippen molar-refractivity contribution in [3.63, 3.8) is 0 Å². The van der Waals surface area contributed by atoms with Gasteiger partial charge >= 0.3 is 0 Å². The lowest BCUT2D eigenvalue weighted by Crippen LogP contribution is -2.18. The molecule has 2 aromatic rings. The van der Waals surface area contributed by atoms with E-state index in [-0.39, 0.29) is 0 Å². The van der Waals surface area contributed by atoms with E-state index >= 15 is 0 Å². The van der Waals surface area contributed by atoms with Crippen LogP contribution in [0.4, 0.5) is 5.69 Å². The molecule has 0 amide bonds. The van der Waals surface area contributed by atoms with Crippen molar-refractivity contribution in [2.75, 3.05) is 5.32 Å². The summed E-state index contributed by atoms with van der Waals surface area (Å²) in [5.74, 6) is 0. The van der Waals surface area contributed by atoms with Gasteiger partial charge in [-0.05, 0) is 43.9 Å². The third-order valence-electron chi connectivity index (χ3n) is 3.70. The van der Waals surface area contributed by atoms with Crippen molar-refractivity contribution in [2.45, 2.75) is 32.7 Å². The molecule has 3 rings (SSSR count). The molecule has 0 spiro atoms. The standard InChI is InChI=1S/C17H19N/c1-12-9-13(2)11-15(10-12)17-8-7-14-5-3-4-6-16(14)18-17/h3-6,9-11,17-18H,7-8H2,1-2H3/t17-/m1/s1. The molecule has 1 aliphatic heterocycles. The van der Waals surface area contributed by atoms with Crippen LogP contribution >= 0.6 is 0 Å². The molecule has 0 saturated carbocycles. The predicted octanol–water partition coefficient (Wildman–Crippen LogP) is 4.40. The van der Waals surface area contributed by atoms with Crippen LogP contribution in [-0.2, 0) is 6.42 Å². The molecule has 2 aromatic carbocycles. The highest BCUT2D eigenvalue weighted by molar-refractivity contribution is 5.55. The quantitative estimate of drug-likeness (QED) is 0.775. The first-order valence-corrected chi connectivity index (χ1v) is 6.65. The first kappa shape index (κ1) is 11.3. The molecule has 0 unspecified atom stereocenters. The molecule has 0 bridgehead atoms.